The third kappa shape index (κ3) is 7.31. The smallest absolute Gasteiger partial charge is 0.407 e. The van der Waals surface area contributed by atoms with E-state index in [0.29, 0.717) is 37.6 Å². The molecular formula is C24H33N7O5S. The number of piperidine rings is 1. The quantitative estimate of drug-likeness (QED) is 0.360. The van der Waals surface area contributed by atoms with Crippen LogP contribution < -0.4 is 15.4 Å². The number of likely N-dealkylation sites (tertiary alicyclic amines) is 1. The SMILES string of the molecule is CC(C)(C)OC(=O)N[C@@H]1CCN(Cc2ccn3ncnc(Nc4cccc(O)c4)c23)C[C@H]1NS(C)(=O)=O. The Morgan fingerprint density at radius 1 is 1.24 bits per heavy atom. The fourth-order valence-electron chi connectivity index (χ4n) is 4.39. The van der Waals surface area contributed by atoms with E-state index in [4.69, 9.17) is 4.74 Å². The molecule has 3 heterocycles. The molecule has 1 saturated heterocycles. The number of hydrogen-bond acceptors (Lipinski definition) is 9. The van der Waals surface area contributed by atoms with Crippen molar-refractivity contribution >= 4 is 33.1 Å². The van der Waals surface area contributed by atoms with Crippen molar-refractivity contribution in [2.24, 2.45) is 0 Å². The minimum absolute atomic E-state index is 0.137. The lowest BCUT2D eigenvalue weighted by molar-refractivity contribution is 0.0459. The van der Waals surface area contributed by atoms with E-state index in [1.165, 1.54) is 6.33 Å². The minimum atomic E-state index is -3.52. The maximum atomic E-state index is 12.4. The zero-order chi connectivity index (χ0) is 26.8. The number of anilines is 2. The number of rotatable bonds is 7. The standard InChI is InChI=1S/C24H33N7O5S/c1-24(2,3)36-23(33)28-19-9-10-30(14-20(19)29-37(4,34)35)13-16-8-11-31-21(16)22(25-15-26-31)27-17-6-5-7-18(32)12-17/h5-8,11-12,15,19-20,29,32H,9-10,13-14H2,1-4H3,(H,28,33)(H,25,26,27)/t19-,20-/m1/s1. The number of sulfonamides is 1. The van der Waals surface area contributed by atoms with E-state index in [-0.39, 0.29) is 5.75 Å². The molecule has 0 radical (unpaired) electrons. The third-order valence-corrected chi connectivity index (χ3v) is 6.54. The summed E-state index contributed by atoms with van der Waals surface area (Å²) in [6, 6.07) is 7.74. The lowest BCUT2D eigenvalue weighted by Gasteiger charge is -2.39. The van der Waals surface area contributed by atoms with Gasteiger partial charge in [0, 0.05) is 37.6 Å². The number of aromatic nitrogens is 3. The van der Waals surface area contributed by atoms with Gasteiger partial charge in [0.25, 0.3) is 0 Å². The van der Waals surface area contributed by atoms with E-state index >= 15 is 0 Å². The summed E-state index contributed by atoms with van der Waals surface area (Å²) in [4.78, 5) is 18.9. The van der Waals surface area contributed by atoms with Gasteiger partial charge in [0.05, 0.1) is 18.3 Å². The molecule has 2 aromatic heterocycles. The first kappa shape index (κ1) is 26.6. The Balaban J connectivity index is 1.52. The molecule has 2 atom stereocenters. The fraction of sp³-hybridized carbons (Fsp3) is 0.458. The Morgan fingerprint density at radius 2 is 2.03 bits per heavy atom. The van der Waals surface area contributed by atoms with Gasteiger partial charge in [0.1, 0.15) is 23.2 Å². The van der Waals surface area contributed by atoms with E-state index in [0.717, 1.165) is 17.3 Å². The number of ether oxygens (including phenoxy) is 1. The number of carbonyl (C=O) groups is 1. The summed E-state index contributed by atoms with van der Waals surface area (Å²) in [6.45, 7) is 6.85. The topological polar surface area (TPSA) is 150 Å². The minimum Gasteiger partial charge on any atom is -0.508 e. The normalized spacial score (nSPS) is 19.0. The van der Waals surface area contributed by atoms with Crippen LogP contribution >= 0.6 is 0 Å². The van der Waals surface area contributed by atoms with Crippen LogP contribution in [0.3, 0.4) is 0 Å². The van der Waals surface area contributed by atoms with Gasteiger partial charge in [-0.15, -0.1) is 0 Å². The van der Waals surface area contributed by atoms with Crippen molar-refractivity contribution in [2.45, 2.75) is 51.4 Å². The average Bonchev–Trinajstić information content (AvgIpc) is 3.17. The number of alkyl carbamates (subject to hydrolysis) is 1. The highest BCUT2D eigenvalue weighted by Gasteiger charge is 2.33. The van der Waals surface area contributed by atoms with Crippen LogP contribution in [0.15, 0.2) is 42.9 Å². The highest BCUT2D eigenvalue weighted by atomic mass is 32.2. The van der Waals surface area contributed by atoms with Crippen molar-refractivity contribution in [3.8, 4) is 5.75 Å². The summed E-state index contributed by atoms with van der Waals surface area (Å²) >= 11 is 0. The molecule has 1 aromatic carbocycles. The molecule has 1 amide bonds. The molecule has 0 aliphatic carbocycles. The Morgan fingerprint density at radius 3 is 2.73 bits per heavy atom. The van der Waals surface area contributed by atoms with E-state index in [2.05, 4.69) is 30.3 Å². The van der Waals surface area contributed by atoms with E-state index in [1.807, 2.05) is 18.3 Å². The van der Waals surface area contributed by atoms with Crippen LogP contribution in [0.2, 0.25) is 0 Å². The molecule has 37 heavy (non-hydrogen) atoms. The number of aromatic hydroxyl groups is 1. The Bertz CT molecular complexity index is 1370. The van der Waals surface area contributed by atoms with Gasteiger partial charge in [-0.05, 0) is 51.0 Å². The number of nitrogens with one attached hydrogen (secondary N) is 3. The molecule has 13 heteroatoms. The molecule has 1 aliphatic rings. The zero-order valence-corrected chi connectivity index (χ0v) is 22.1. The third-order valence-electron chi connectivity index (χ3n) is 5.80. The number of amides is 1. The summed E-state index contributed by atoms with van der Waals surface area (Å²) in [5.41, 5.74) is 1.74. The molecule has 1 fully saturated rings. The van der Waals surface area contributed by atoms with E-state index in [9.17, 15) is 18.3 Å². The second kappa shape index (κ2) is 10.5. The summed E-state index contributed by atoms with van der Waals surface area (Å²) in [5, 5.41) is 20.2. The van der Waals surface area contributed by atoms with Crippen molar-refractivity contribution in [1.82, 2.24) is 29.5 Å². The number of nitrogens with zero attached hydrogens (tertiary/aromatic N) is 4. The highest BCUT2D eigenvalue weighted by molar-refractivity contribution is 7.88. The van der Waals surface area contributed by atoms with Crippen LogP contribution in [0.25, 0.3) is 5.52 Å². The number of carbonyl (C=O) groups excluding carboxylic acids is 1. The molecule has 4 rings (SSSR count). The second-order valence-corrected chi connectivity index (χ2v) is 12.0. The molecule has 4 N–H and O–H groups in total. The lowest BCUT2D eigenvalue weighted by Crippen LogP contribution is -2.60. The Labute approximate surface area is 216 Å². The van der Waals surface area contributed by atoms with Crippen LogP contribution in [0.4, 0.5) is 16.3 Å². The van der Waals surface area contributed by atoms with E-state index < -0.39 is 33.8 Å². The van der Waals surface area contributed by atoms with Crippen LogP contribution in [0, 0.1) is 0 Å². The predicted molar refractivity (Wildman–Crippen MR) is 139 cm³/mol. The van der Waals surface area contributed by atoms with Gasteiger partial charge < -0.3 is 20.5 Å². The number of hydrogen-bond donors (Lipinski definition) is 4. The van der Waals surface area contributed by atoms with Gasteiger partial charge in [0.2, 0.25) is 10.0 Å². The molecule has 200 valence electrons. The van der Waals surface area contributed by atoms with Gasteiger partial charge in [-0.1, -0.05) is 6.07 Å². The number of fused-ring (bicyclic) bond motifs is 1. The molecule has 0 bridgehead atoms. The van der Waals surface area contributed by atoms with Gasteiger partial charge in [-0.3, -0.25) is 4.90 Å². The van der Waals surface area contributed by atoms with Gasteiger partial charge in [0.15, 0.2) is 5.82 Å². The first-order valence-electron chi connectivity index (χ1n) is 11.9. The van der Waals surface area contributed by atoms with Crippen molar-refractivity contribution in [1.29, 1.82) is 0 Å². The van der Waals surface area contributed by atoms with Gasteiger partial charge >= 0.3 is 6.09 Å². The average molecular weight is 532 g/mol. The summed E-state index contributed by atoms with van der Waals surface area (Å²) in [7, 11) is -3.52. The first-order chi connectivity index (χ1) is 17.4. The molecule has 0 spiro atoms. The Kier molecular flexibility index (Phi) is 7.57. The summed E-state index contributed by atoms with van der Waals surface area (Å²) in [6.07, 6.45) is 4.34. The summed E-state index contributed by atoms with van der Waals surface area (Å²) < 4.78 is 33.9. The van der Waals surface area contributed by atoms with Crippen molar-refractivity contribution in [2.75, 3.05) is 24.7 Å². The zero-order valence-electron chi connectivity index (χ0n) is 21.3. The summed E-state index contributed by atoms with van der Waals surface area (Å²) in [5.74, 6) is 0.714. The second-order valence-electron chi connectivity index (χ2n) is 10.2. The molecule has 3 aromatic rings. The van der Waals surface area contributed by atoms with Crippen LogP contribution in [0.5, 0.6) is 5.75 Å². The predicted octanol–water partition coefficient (Wildman–Crippen LogP) is 2.20. The molecule has 12 nitrogen and oxygen atoms in total. The molecule has 0 unspecified atom stereocenters. The lowest BCUT2D eigenvalue weighted by atomic mass is 9.99. The maximum Gasteiger partial charge on any atom is 0.407 e. The van der Waals surface area contributed by atoms with Crippen LogP contribution in [-0.4, -0.2) is 76.1 Å². The first-order valence-corrected chi connectivity index (χ1v) is 13.8. The van der Waals surface area contributed by atoms with Crippen LogP contribution in [-0.2, 0) is 21.3 Å². The fourth-order valence-corrected chi connectivity index (χ4v) is 5.18. The Hall–Kier alpha value is -3.42. The van der Waals surface area contributed by atoms with Crippen LogP contribution in [0.1, 0.15) is 32.8 Å². The monoisotopic (exact) mass is 531 g/mol. The van der Waals surface area contributed by atoms with Gasteiger partial charge in [-0.25, -0.2) is 27.4 Å². The van der Waals surface area contributed by atoms with Crippen molar-refractivity contribution in [3.05, 3.63) is 48.4 Å². The molecule has 1 aliphatic heterocycles. The van der Waals surface area contributed by atoms with E-state index in [1.54, 1.807) is 43.5 Å². The van der Waals surface area contributed by atoms with Gasteiger partial charge in [-0.2, -0.15) is 5.10 Å². The largest absolute Gasteiger partial charge is 0.508 e. The molecular weight excluding hydrogens is 498 g/mol. The highest BCUT2D eigenvalue weighted by Crippen LogP contribution is 2.26. The van der Waals surface area contributed by atoms with Crippen molar-refractivity contribution in [3.63, 3.8) is 0 Å². The maximum absolute atomic E-state index is 12.4. The molecule has 0 saturated carbocycles. The number of phenols is 1. The van der Waals surface area contributed by atoms with Crippen molar-refractivity contribution < 1.29 is 23.1 Å². The number of benzene rings is 1. The number of phenolic OH excluding ortho intramolecular Hbond substituents is 1.